The topological polar surface area (TPSA) is 81.8 Å². The Kier molecular flexibility index (Phi) is 5.71. The Labute approximate surface area is 146 Å². The van der Waals surface area contributed by atoms with E-state index in [0.717, 1.165) is 24.3 Å². The second kappa shape index (κ2) is 7.61. The molecule has 0 radical (unpaired) electrons. The van der Waals surface area contributed by atoms with Crippen molar-refractivity contribution in [3.05, 3.63) is 63.2 Å². The molecule has 26 heavy (non-hydrogen) atoms. The third kappa shape index (κ3) is 4.23. The number of rotatable bonds is 6. The van der Waals surface area contributed by atoms with Crippen LogP contribution in [0.2, 0.25) is 0 Å². The Bertz CT molecular complexity index is 790. The van der Waals surface area contributed by atoms with E-state index in [1.54, 1.807) is 0 Å². The standard InChI is InChI=1S/C17H16F3NO5/c1-25-15-8-11(13(21(23)24)9-16(15)26-2)7-14(22)10-3-5-12(6-4-10)17(18,19)20/h3-6,8-9,14,22H,7H2,1-2H3. The van der Waals surface area contributed by atoms with Gasteiger partial charge in [0, 0.05) is 12.0 Å². The van der Waals surface area contributed by atoms with Crippen molar-refractivity contribution in [2.45, 2.75) is 18.7 Å². The van der Waals surface area contributed by atoms with Gasteiger partial charge in [-0.05, 0) is 23.8 Å². The fraction of sp³-hybridized carbons (Fsp3) is 0.294. The summed E-state index contributed by atoms with van der Waals surface area (Å²) in [6.45, 7) is 0. The molecule has 9 heteroatoms. The number of nitro benzene ring substituents is 1. The number of benzene rings is 2. The summed E-state index contributed by atoms with van der Waals surface area (Å²) in [5.41, 5.74) is -0.749. The molecule has 0 aromatic heterocycles. The summed E-state index contributed by atoms with van der Waals surface area (Å²) in [5, 5.41) is 21.6. The molecule has 0 aliphatic carbocycles. The van der Waals surface area contributed by atoms with E-state index in [2.05, 4.69) is 0 Å². The molecule has 0 bridgehead atoms. The molecule has 0 heterocycles. The molecule has 1 unspecified atom stereocenters. The molecule has 140 valence electrons. The Hall–Kier alpha value is -2.81. The number of alkyl halides is 3. The number of halogens is 3. The van der Waals surface area contributed by atoms with Crippen LogP contribution in [0.25, 0.3) is 0 Å². The third-order valence-corrected chi connectivity index (χ3v) is 3.82. The van der Waals surface area contributed by atoms with Crippen molar-refractivity contribution in [1.29, 1.82) is 0 Å². The summed E-state index contributed by atoms with van der Waals surface area (Å²) in [5.74, 6) is 0.402. The molecule has 0 saturated heterocycles. The lowest BCUT2D eigenvalue weighted by Crippen LogP contribution is -2.08. The number of nitro groups is 1. The molecule has 6 nitrogen and oxygen atoms in total. The zero-order valence-electron chi connectivity index (χ0n) is 13.9. The van der Waals surface area contributed by atoms with Gasteiger partial charge in [-0.2, -0.15) is 13.2 Å². The van der Waals surface area contributed by atoms with Gasteiger partial charge in [-0.15, -0.1) is 0 Å². The largest absolute Gasteiger partial charge is 0.493 e. The molecule has 2 aromatic rings. The van der Waals surface area contributed by atoms with Crippen molar-refractivity contribution in [3.8, 4) is 11.5 Å². The average molecular weight is 371 g/mol. The molecule has 1 atom stereocenters. The fourth-order valence-electron chi connectivity index (χ4n) is 2.46. The van der Waals surface area contributed by atoms with Gasteiger partial charge in [-0.3, -0.25) is 10.1 Å². The molecular formula is C17H16F3NO5. The quantitative estimate of drug-likeness (QED) is 0.615. The number of nitrogens with zero attached hydrogens (tertiary/aromatic N) is 1. The van der Waals surface area contributed by atoms with Crippen molar-refractivity contribution in [2.24, 2.45) is 0 Å². The normalized spacial score (nSPS) is 12.5. The van der Waals surface area contributed by atoms with E-state index >= 15 is 0 Å². The van der Waals surface area contributed by atoms with Gasteiger partial charge in [0.1, 0.15) is 0 Å². The number of hydrogen-bond acceptors (Lipinski definition) is 5. The van der Waals surface area contributed by atoms with E-state index in [0.29, 0.717) is 0 Å². The smallest absolute Gasteiger partial charge is 0.416 e. The van der Waals surface area contributed by atoms with Gasteiger partial charge >= 0.3 is 6.18 Å². The third-order valence-electron chi connectivity index (χ3n) is 3.82. The highest BCUT2D eigenvalue weighted by atomic mass is 19.4. The van der Waals surface area contributed by atoms with Crippen LogP contribution in [0.4, 0.5) is 18.9 Å². The summed E-state index contributed by atoms with van der Waals surface area (Å²) in [7, 11) is 2.69. The highest BCUT2D eigenvalue weighted by Gasteiger charge is 2.30. The summed E-state index contributed by atoms with van der Waals surface area (Å²) >= 11 is 0. The first kappa shape index (κ1) is 19.5. The summed E-state index contributed by atoms with van der Waals surface area (Å²) < 4.78 is 47.9. The van der Waals surface area contributed by atoms with Crippen molar-refractivity contribution in [1.82, 2.24) is 0 Å². The number of ether oxygens (including phenoxy) is 2. The first-order chi connectivity index (χ1) is 12.2. The van der Waals surface area contributed by atoms with Gasteiger partial charge in [0.05, 0.1) is 36.9 Å². The van der Waals surface area contributed by atoms with Crippen molar-refractivity contribution in [3.63, 3.8) is 0 Å². The van der Waals surface area contributed by atoms with Gasteiger partial charge in [-0.1, -0.05) is 12.1 Å². The minimum atomic E-state index is -4.48. The Balaban J connectivity index is 2.33. The van der Waals surface area contributed by atoms with Crippen LogP contribution >= 0.6 is 0 Å². The lowest BCUT2D eigenvalue weighted by atomic mass is 9.98. The van der Waals surface area contributed by atoms with Crippen LogP contribution in [0.3, 0.4) is 0 Å². The van der Waals surface area contributed by atoms with Gasteiger partial charge in [0.15, 0.2) is 11.5 Å². The summed E-state index contributed by atoms with van der Waals surface area (Å²) in [6.07, 6.45) is -5.89. The zero-order chi connectivity index (χ0) is 19.5. The van der Waals surface area contributed by atoms with Crippen LogP contribution in [-0.2, 0) is 12.6 Å². The van der Waals surface area contributed by atoms with Gasteiger partial charge in [0.2, 0.25) is 0 Å². The fourth-order valence-corrected chi connectivity index (χ4v) is 2.46. The SMILES string of the molecule is COc1cc(CC(O)c2ccc(C(F)(F)F)cc2)c([N+](=O)[O-])cc1OC. The predicted molar refractivity (Wildman–Crippen MR) is 86.3 cm³/mol. The molecule has 0 amide bonds. The number of hydrogen-bond donors (Lipinski definition) is 1. The minimum Gasteiger partial charge on any atom is -0.493 e. The maximum atomic E-state index is 12.6. The highest BCUT2D eigenvalue weighted by molar-refractivity contribution is 5.54. The number of methoxy groups -OCH3 is 2. The lowest BCUT2D eigenvalue weighted by Gasteiger charge is -2.15. The van der Waals surface area contributed by atoms with Crippen LogP contribution < -0.4 is 9.47 Å². The molecule has 1 N–H and O–H groups in total. The molecule has 0 saturated carbocycles. The maximum absolute atomic E-state index is 12.6. The predicted octanol–water partition coefficient (Wildman–Crippen LogP) is 3.91. The molecule has 2 rings (SSSR count). The van der Waals surface area contributed by atoms with Crippen LogP contribution in [0.15, 0.2) is 36.4 Å². The van der Waals surface area contributed by atoms with E-state index in [1.165, 1.54) is 26.4 Å². The lowest BCUT2D eigenvalue weighted by molar-refractivity contribution is -0.385. The van der Waals surface area contributed by atoms with Crippen LogP contribution in [0.1, 0.15) is 22.8 Å². The van der Waals surface area contributed by atoms with Crippen molar-refractivity contribution in [2.75, 3.05) is 14.2 Å². The molecular weight excluding hydrogens is 355 g/mol. The molecule has 0 fully saturated rings. The zero-order valence-corrected chi connectivity index (χ0v) is 13.9. The summed E-state index contributed by atoms with van der Waals surface area (Å²) in [4.78, 5) is 10.6. The van der Waals surface area contributed by atoms with E-state index in [9.17, 15) is 28.4 Å². The van der Waals surface area contributed by atoms with Crippen molar-refractivity contribution >= 4 is 5.69 Å². The van der Waals surface area contributed by atoms with E-state index < -0.39 is 22.8 Å². The minimum absolute atomic E-state index is 0.159. The van der Waals surface area contributed by atoms with E-state index in [1.807, 2.05) is 0 Å². The summed E-state index contributed by atoms with van der Waals surface area (Å²) in [6, 6.07) is 6.52. The Morgan fingerprint density at radius 3 is 2.12 bits per heavy atom. The first-order valence-electron chi connectivity index (χ1n) is 7.42. The van der Waals surface area contributed by atoms with E-state index in [4.69, 9.17) is 9.47 Å². The molecule has 0 spiro atoms. The highest BCUT2D eigenvalue weighted by Crippen LogP contribution is 2.37. The molecule has 2 aromatic carbocycles. The Morgan fingerprint density at radius 2 is 1.65 bits per heavy atom. The first-order valence-corrected chi connectivity index (χ1v) is 7.42. The molecule has 0 aliphatic heterocycles. The van der Waals surface area contributed by atoms with Crippen LogP contribution in [-0.4, -0.2) is 24.2 Å². The van der Waals surface area contributed by atoms with Gasteiger partial charge in [-0.25, -0.2) is 0 Å². The van der Waals surface area contributed by atoms with E-state index in [-0.39, 0.29) is 34.7 Å². The van der Waals surface area contributed by atoms with Gasteiger partial charge in [0.25, 0.3) is 5.69 Å². The Morgan fingerprint density at radius 1 is 1.12 bits per heavy atom. The second-order valence-electron chi connectivity index (χ2n) is 5.43. The monoisotopic (exact) mass is 371 g/mol. The van der Waals surface area contributed by atoms with Crippen LogP contribution in [0.5, 0.6) is 11.5 Å². The van der Waals surface area contributed by atoms with Gasteiger partial charge < -0.3 is 14.6 Å². The molecule has 0 aliphatic rings. The average Bonchev–Trinajstić information content (AvgIpc) is 2.60. The number of aliphatic hydroxyl groups is 1. The van der Waals surface area contributed by atoms with Crippen molar-refractivity contribution < 1.29 is 32.7 Å². The second-order valence-corrected chi connectivity index (χ2v) is 5.43. The maximum Gasteiger partial charge on any atom is 0.416 e. The number of aliphatic hydroxyl groups excluding tert-OH is 1. The van der Waals surface area contributed by atoms with Crippen LogP contribution in [0, 0.1) is 10.1 Å².